The van der Waals surface area contributed by atoms with E-state index in [-0.39, 0.29) is 12.6 Å². The first-order valence-electron chi connectivity index (χ1n) is 7.81. The lowest BCUT2D eigenvalue weighted by molar-refractivity contribution is 0.250. The van der Waals surface area contributed by atoms with E-state index in [9.17, 15) is 21.6 Å². The van der Waals surface area contributed by atoms with Gasteiger partial charge in [0.05, 0.1) is 6.04 Å². The van der Waals surface area contributed by atoms with Crippen LogP contribution in [0.4, 0.5) is 13.2 Å². The zero-order valence-electron chi connectivity index (χ0n) is 13.2. The summed E-state index contributed by atoms with van der Waals surface area (Å²) in [6.45, 7) is 1.73. The van der Waals surface area contributed by atoms with Crippen molar-refractivity contribution in [3.63, 3.8) is 0 Å². The Morgan fingerprint density at radius 1 is 1.12 bits per heavy atom. The van der Waals surface area contributed by atoms with Crippen molar-refractivity contribution in [2.75, 3.05) is 19.6 Å². The van der Waals surface area contributed by atoms with Crippen molar-refractivity contribution < 1.29 is 21.6 Å². The third-order valence-electron chi connectivity index (χ3n) is 4.21. The van der Waals surface area contributed by atoms with Crippen LogP contribution >= 0.6 is 11.3 Å². The molecule has 0 saturated carbocycles. The summed E-state index contributed by atoms with van der Waals surface area (Å²) in [5.41, 5.74) is 0. The molecule has 136 valence electrons. The van der Waals surface area contributed by atoms with E-state index < -0.39 is 32.4 Å². The lowest BCUT2D eigenvalue weighted by Gasteiger charge is -2.26. The van der Waals surface area contributed by atoms with E-state index in [0.717, 1.165) is 36.9 Å². The van der Waals surface area contributed by atoms with Gasteiger partial charge in [0.2, 0.25) is 10.0 Å². The first kappa shape index (κ1) is 18.4. The number of likely N-dealkylation sites (tertiary alicyclic amines) is 1. The SMILES string of the molecule is O=S(=O)(NCC(c1cccs1)N1CCCC1)c1ccc(F)c(F)c1F. The van der Waals surface area contributed by atoms with Gasteiger partial charge in [0, 0.05) is 11.4 Å². The van der Waals surface area contributed by atoms with Crippen LogP contribution in [0.1, 0.15) is 23.8 Å². The summed E-state index contributed by atoms with van der Waals surface area (Å²) in [6.07, 6.45) is 2.07. The van der Waals surface area contributed by atoms with E-state index in [4.69, 9.17) is 0 Å². The van der Waals surface area contributed by atoms with Crippen LogP contribution in [-0.2, 0) is 10.0 Å². The van der Waals surface area contributed by atoms with E-state index in [1.807, 2.05) is 17.5 Å². The number of sulfonamides is 1. The van der Waals surface area contributed by atoms with Crippen LogP contribution in [0, 0.1) is 17.5 Å². The van der Waals surface area contributed by atoms with Gasteiger partial charge in [0.15, 0.2) is 17.5 Å². The van der Waals surface area contributed by atoms with E-state index in [2.05, 4.69) is 9.62 Å². The fourth-order valence-corrected chi connectivity index (χ4v) is 4.89. The van der Waals surface area contributed by atoms with Crippen LogP contribution in [0.15, 0.2) is 34.5 Å². The number of halogens is 3. The second-order valence-electron chi connectivity index (χ2n) is 5.80. The number of benzene rings is 1. The van der Waals surface area contributed by atoms with Gasteiger partial charge in [-0.2, -0.15) is 0 Å². The quantitative estimate of drug-likeness (QED) is 0.770. The lowest BCUT2D eigenvalue weighted by atomic mass is 10.2. The maximum atomic E-state index is 13.8. The second-order valence-corrected chi connectivity index (χ2v) is 8.51. The number of hydrogen-bond donors (Lipinski definition) is 1. The minimum atomic E-state index is -4.30. The highest BCUT2D eigenvalue weighted by atomic mass is 32.2. The molecular weight excluding hydrogens is 373 g/mol. The van der Waals surface area contributed by atoms with E-state index in [1.165, 1.54) is 11.3 Å². The lowest BCUT2D eigenvalue weighted by Crippen LogP contribution is -2.36. The molecule has 1 atom stereocenters. The van der Waals surface area contributed by atoms with Crippen LogP contribution in [0.25, 0.3) is 0 Å². The van der Waals surface area contributed by atoms with Gasteiger partial charge in [0.1, 0.15) is 4.90 Å². The Hall–Kier alpha value is -1.42. The minimum absolute atomic E-state index is 0.0290. The maximum absolute atomic E-state index is 13.8. The molecule has 3 rings (SSSR count). The Morgan fingerprint density at radius 2 is 1.84 bits per heavy atom. The first-order chi connectivity index (χ1) is 11.9. The van der Waals surface area contributed by atoms with Gasteiger partial charge in [-0.05, 0) is 49.5 Å². The third kappa shape index (κ3) is 3.89. The predicted octanol–water partition coefficient (Wildman–Crippen LogP) is 3.28. The van der Waals surface area contributed by atoms with Gasteiger partial charge in [-0.3, -0.25) is 4.90 Å². The topological polar surface area (TPSA) is 49.4 Å². The maximum Gasteiger partial charge on any atom is 0.243 e. The average molecular weight is 390 g/mol. The van der Waals surface area contributed by atoms with E-state index in [0.29, 0.717) is 6.07 Å². The number of rotatable bonds is 6. The molecule has 1 aromatic heterocycles. The van der Waals surface area contributed by atoms with E-state index in [1.54, 1.807) is 0 Å². The van der Waals surface area contributed by atoms with Crippen molar-refractivity contribution in [1.29, 1.82) is 0 Å². The molecule has 0 spiro atoms. The Morgan fingerprint density at radius 3 is 2.48 bits per heavy atom. The van der Waals surface area contributed by atoms with Gasteiger partial charge >= 0.3 is 0 Å². The summed E-state index contributed by atoms with van der Waals surface area (Å²) in [6, 6.07) is 4.95. The van der Waals surface area contributed by atoms with Crippen LogP contribution in [0.2, 0.25) is 0 Å². The highest BCUT2D eigenvalue weighted by Crippen LogP contribution is 2.28. The molecule has 0 radical (unpaired) electrons. The summed E-state index contributed by atoms with van der Waals surface area (Å²) >= 11 is 1.51. The molecule has 2 heterocycles. The summed E-state index contributed by atoms with van der Waals surface area (Å²) in [5.74, 6) is -4.93. The molecular formula is C16H17F3N2O2S2. The second kappa shape index (κ2) is 7.45. The smallest absolute Gasteiger partial charge is 0.243 e. The Kier molecular flexibility index (Phi) is 5.47. The van der Waals surface area contributed by atoms with Crippen molar-refractivity contribution in [2.45, 2.75) is 23.8 Å². The molecule has 2 aromatic rings. The molecule has 1 aliphatic heterocycles. The molecule has 0 aliphatic carbocycles. The van der Waals surface area contributed by atoms with Crippen molar-refractivity contribution in [3.8, 4) is 0 Å². The Bertz CT molecular complexity index is 835. The van der Waals surface area contributed by atoms with Gasteiger partial charge in [-0.15, -0.1) is 11.3 Å². The number of nitrogens with one attached hydrogen (secondary N) is 1. The van der Waals surface area contributed by atoms with Crippen molar-refractivity contribution in [1.82, 2.24) is 9.62 Å². The van der Waals surface area contributed by atoms with Gasteiger partial charge in [-0.1, -0.05) is 6.07 Å². The summed E-state index contributed by atoms with van der Waals surface area (Å²) in [4.78, 5) is 2.27. The molecule has 1 unspecified atom stereocenters. The zero-order chi connectivity index (χ0) is 18.0. The van der Waals surface area contributed by atoms with Crippen LogP contribution < -0.4 is 4.72 Å². The molecule has 1 fully saturated rings. The standard InChI is InChI=1S/C16H17F3N2O2S2/c17-11-5-6-14(16(19)15(11)18)25(22,23)20-10-12(13-4-3-9-24-13)21-7-1-2-8-21/h3-6,9,12,20H,1-2,7-8,10H2. The number of thiophene rings is 1. The van der Waals surface area contributed by atoms with Gasteiger partial charge in [0.25, 0.3) is 0 Å². The van der Waals surface area contributed by atoms with Crippen LogP contribution in [0.5, 0.6) is 0 Å². The summed E-state index contributed by atoms with van der Waals surface area (Å²) in [5, 5.41) is 1.90. The van der Waals surface area contributed by atoms with Crippen LogP contribution in [0.3, 0.4) is 0 Å². The fourth-order valence-electron chi connectivity index (χ4n) is 2.93. The average Bonchev–Trinajstić information content (AvgIpc) is 3.26. The third-order valence-corrected chi connectivity index (χ3v) is 6.62. The largest absolute Gasteiger partial charge is 0.294 e. The predicted molar refractivity (Wildman–Crippen MR) is 89.4 cm³/mol. The number of nitrogens with zero attached hydrogens (tertiary/aromatic N) is 1. The minimum Gasteiger partial charge on any atom is -0.294 e. The monoisotopic (exact) mass is 390 g/mol. The molecule has 4 nitrogen and oxygen atoms in total. The molecule has 25 heavy (non-hydrogen) atoms. The molecule has 9 heteroatoms. The Labute approximate surface area is 148 Å². The van der Waals surface area contributed by atoms with Gasteiger partial charge in [-0.25, -0.2) is 26.3 Å². The first-order valence-corrected chi connectivity index (χ1v) is 10.2. The van der Waals surface area contributed by atoms with Crippen molar-refractivity contribution in [2.24, 2.45) is 0 Å². The molecule has 1 aromatic carbocycles. The van der Waals surface area contributed by atoms with Crippen LogP contribution in [-0.4, -0.2) is 33.0 Å². The molecule has 1 saturated heterocycles. The molecule has 0 bridgehead atoms. The molecule has 1 aliphatic rings. The molecule has 1 N–H and O–H groups in total. The highest BCUT2D eigenvalue weighted by molar-refractivity contribution is 7.89. The molecule has 0 amide bonds. The zero-order valence-corrected chi connectivity index (χ0v) is 14.8. The van der Waals surface area contributed by atoms with E-state index >= 15 is 0 Å². The van der Waals surface area contributed by atoms with Crippen molar-refractivity contribution in [3.05, 3.63) is 52.0 Å². The fraction of sp³-hybridized carbons (Fsp3) is 0.375. The highest BCUT2D eigenvalue weighted by Gasteiger charge is 2.28. The van der Waals surface area contributed by atoms with Gasteiger partial charge < -0.3 is 0 Å². The summed E-state index contributed by atoms with van der Waals surface area (Å²) in [7, 11) is -4.30. The summed E-state index contributed by atoms with van der Waals surface area (Å²) < 4.78 is 67.2. The van der Waals surface area contributed by atoms with Crippen molar-refractivity contribution >= 4 is 21.4 Å². The number of hydrogen-bond acceptors (Lipinski definition) is 4. The normalized spacial score (nSPS) is 17.1. The Balaban J connectivity index is 1.81.